The van der Waals surface area contributed by atoms with Gasteiger partial charge in [0, 0.05) is 25.8 Å². The van der Waals surface area contributed by atoms with Gasteiger partial charge in [-0.05, 0) is 64.5 Å². The summed E-state index contributed by atoms with van der Waals surface area (Å²) in [5, 5.41) is 0. The monoisotopic (exact) mass is 331 g/mol. The van der Waals surface area contributed by atoms with Gasteiger partial charge in [0.05, 0.1) is 6.04 Å². The zero-order chi connectivity index (χ0) is 17.2. The fourth-order valence-electron chi connectivity index (χ4n) is 3.56. The maximum absolute atomic E-state index is 12.4. The van der Waals surface area contributed by atoms with Gasteiger partial charge in [0.2, 0.25) is 0 Å². The van der Waals surface area contributed by atoms with E-state index >= 15 is 0 Å². The van der Waals surface area contributed by atoms with Crippen molar-refractivity contribution < 1.29 is 9.53 Å². The maximum atomic E-state index is 12.4. The molecule has 3 rings (SSSR count). The van der Waals surface area contributed by atoms with Crippen molar-refractivity contribution in [3.05, 3.63) is 23.9 Å². The number of carbonyl (C=O) groups is 1. The van der Waals surface area contributed by atoms with Gasteiger partial charge in [0.25, 0.3) is 0 Å². The number of pyridine rings is 1. The first-order valence-corrected chi connectivity index (χ1v) is 9.14. The molecule has 1 atom stereocenters. The predicted molar refractivity (Wildman–Crippen MR) is 95.2 cm³/mol. The molecule has 2 fully saturated rings. The van der Waals surface area contributed by atoms with Crippen molar-refractivity contribution in [3.63, 3.8) is 0 Å². The Hall–Kier alpha value is -1.78. The first-order valence-electron chi connectivity index (χ1n) is 9.14. The molecule has 5 heteroatoms. The van der Waals surface area contributed by atoms with Crippen molar-refractivity contribution in [2.24, 2.45) is 0 Å². The number of hydrogen-bond donors (Lipinski definition) is 0. The lowest BCUT2D eigenvalue weighted by molar-refractivity contribution is 0.0224. The highest BCUT2D eigenvalue weighted by molar-refractivity contribution is 5.69. The zero-order valence-electron chi connectivity index (χ0n) is 15.1. The molecular weight excluding hydrogens is 302 g/mol. The molecule has 1 aromatic heterocycles. The predicted octanol–water partition coefficient (Wildman–Crippen LogP) is 4.14. The molecule has 0 N–H and O–H groups in total. The average Bonchev–Trinajstić information content (AvgIpc) is 3.04. The summed E-state index contributed by atoms with van der Waals surface area (Å²) in [5.74, 6) is 1.06. The lowest BCUT2D eigenvalue weighted by Gasteiger charge is -2.30. The highest BCUT2D eigenvalue weighted by Gasteiger charge is 2.33. The smallest absolute Gasteiger partial charge is 0.410 e. The summed E-state index contributed by atoms with van der Waals surface area (Å²) in [6, 6.07) is 4.32. The third-order valence-electron chi connectivity index (χ3n) is 4.72. The molecule has 2 aliphatic rings. The van der Waals surface area contributed by atoms with Crippen LogP contribution < -0.4 is 4.90 Å². The summed E-state index contributed by atoms with van der Waals surface area (Å²) < 4.78 is 5.55. The minimum atomic E-state index is -0.458. The van der Waals surface area contributed by atoms with E-state index in [1.165, 1.54) is 19.3 Å². The molecule has 3 heterocycles. The first kappa shape index (κ1) is 17.1. The Morgan fingerprint density at radius 3 is 2.50 bits per heavy atom. The molecule has 0 bridgehead atoms. The number of nitrogens with zero attached hydrogens (tertiary/aromatic N) is 3. The third kappa shape index (κ3) is 4.00. The fraction of sp³-hybridized carbons (Fsp3) is 0.684. The molecular formula is C19H29N3O2. The van der Waals surface area contributed by atoms with Crippen molar-refractivity contribution in [3.8, 4) is 0 Å². The van der Waals surface area contributed by atoms with Crippen molar-refractivity contribution in [2.75, 3.05) is 24.5 Å². The van der Waals surface area contributed by atoms with E-state index < -0.39 is 5.60 Å². The van der Waals surface area contributed by atoms with Crippen LogP contribution in [0.25, 0.3) is 0 Å². The van der Waals surface area contributed by atoms with Crippen LogP contribution in [0.1, 0.15) is 64.5 Å². The van der Waals surface area contributed by atoms with Crippen molar-refractivity contribution in [2.45, 2.75) is 64.5 Å². The summed E-state index contributed by atoms with van der Waals surface area (Å²) in [7, 11) is 0. The molecule has 24 heavy (non-hydrogen) atoms. The van der Waals surface area contributed by atoms with Gasteiger partial charge < -0.3 is 14.5 Å². The van der Waals surface area contributed by atoms with Gasteiger partial charge in [-0.2, -0.15) is 0 Å². The number of piperidine rings is 1. The van der Waals surface area contributed by atoms with Gasteiger partial charge in [0.15, 0.2) is 0 Å². The Balaban J connectivity index is 1.69. The van der Waals surface area contributed by atoms with Gasteiger partial charge in [-0.25, -0.2) is 9.78 Å². The lowest BCUT2D eigenvalue weighted by Crippen LogP contribution is -2.36. The number of likely N-dealkylation sites (tertiary alicyclic amines) is 1. The Labute approximate surface area is 145 Å². The van der Waals surface area contributed by atoms with Crippen LogP contribution in [0.3, 0.4) is 0 Å². The highest BCUT2D eigenvalue weighted by atomic mass is 16.6. The van der Waals surface area contributed by atoms with Gasteiger partial charge in [-0.3, -0.25) is 0 Å². The number of anilines is 1. The number of carbonyl (C=O) groups excluding carboxylic acids is 1. The zero-order valence-corrected chi connectivity index (χ0v) is 15.1. The van der Waals surface area contributed by atoms with Crippen LogP contribution in [0, 0.1) is 0 Å². The lowest BCUT2D eigenvalue weighted by atomic mass is 10.1. The first-order chi connectivity index (χ1) is 11.4. The summed E-state index contributed by atoms with van der Waals surface area (Å²) in [4.78, 5) is 21.3. The Bertz CT molecular complexity index is 559. The van der Waals surface area contributed by atoms with E-state index in [0.717, 1.165) is 43.9 Å². The minimum absolute atomic E-state index is 0.0859. The van der Waals surface area contributed by atoms with Gasteiger partial charge in [0.1, 0.15) is 11.4 Å². The van der Waals surface area contributed by atoms with Crippen LogP contribution in [0.2, 0.25) is 0 Å². The Morgan fingerprint density at radius 2 is 1.88 bits per heavy atom. The molecule has 2 aliphatic heterocycles. The summed E-state index contributed by atoms with van der Waals surface area (Å²) in [5.41, 5.74) is 0.653. The van der Waals surface area contributed by atoms with E-state index in [2.05, 4.69) is 22.0 Å². The summed E-state index contributed by atoms with van der Waals surface area (Å²) in [6.07, 6.45) is 7.53. The number of rotatable bonds is 2. The molecule has 0 aliphatic carbocycles. The number of hydrogen-bond acceptors (Lipinski definition) is 4. The molecule has 2 saturated heterocycles. The van der Waals surface area contributed by atoms with Crippen molar-refractivity contribution in [1.29, 1.82) is 0 Å². The van der Waals surface area contributed by atoms with Crippen LogP contribution in [0.4, 0.5) is 10.6 Å². The van der Waals surface area contributed by atoms with Gasteiger partial charge in [-0.1, -0.05) is 6.07 Å². The number of amides is 1. The quantitative estimate of drug-likeness (QED) is 0.817. The molecule has 0 saturated carbocycles. The van der Waals surface area contributed by atoms with Gasteiger partial charge >= 0.3 is 6.09 Å². The van der Waals surface area contributed by atoms with Crippen LogP contribution >= 0.6 is 0 Å². The summed E-state index contributed by atoms with van der Waals surface area (Å²) >= 11 is 0. The van der Waals surface area contributed by atoms with E-state index in [1.807, 2.05) is 31.9 Å². The van der Waals surface area contributed by atoms with Crippen molar-refractivity contribution >= 4 is 11.9 Å². The Morgan fingerprint density at radius 1 is 1.12 bits per heavy atom. The van der Waals surface area contributed by atoms with E-state index in [4.69, 9.17) is 4.74 Å². The highest BCUT2D eigenvalue weighted by Crippen LogP contribution is 2.33. The van der Waals surface area contributed by atoms with E-state index in [0.29, 0.717) is 0 Å². The largest absolute Gasteiger partial charge is 0.444 e. The van der Waals surface area contributed by atoms with E-state index in [-0.39, 0.29) is 12.1 Å². The minimum Gasteiger partial charge on any atom is -0.444 e. The standard InChI is InChI=1S/C19H29N3O2/c1-19(2,3)24-18(23)22-13-7-8-16(22)15-9-10-17(20-14-15)21-11-5-4-6-12-21/h9-10,14,16H,4-8,11-13H2,1-3H3. The van der Waals surface area contributed by atoms with Crippen LogP contribution in [-0.2, 0) is 4.74 Å². The molecule has 1 amide bonds. The van der Waals surface area contributed by atoms with Crippen LogP contribution in [0.15, 0.2) is 18.3 Å². The van der Waals surface area contributed by atoms with E-state index in [9.17, 15) is 4.79 Å². The van der Waals surface area contributed by atoms with E-state index in [1.54, 1.807) is 0 Å². The number of aromatic nitrogens is 1. The number of ether oxygens (including phenoxy) is 1. The second-order valence-corrected chi connectivity index (χ2v) is 7.83. The topological polar surface area (TPSA) is 45.7 Å². The molecule has 0 spiro atoms. The van der Waals surface area contributed by atoms with Crippen molar-refractivity contribution in [1.82, 2.24) is 9.88 Å². The molecule has 5 nitrogen and oxygen atoms in total. The SMILES string of the molecule is CC(C)(C)OC(=O)N1CCCC1c1ccc(N2CCCCC2)nc1. The maximum Gasteiger partial charge on any atom is 0.410 e. The Kier molecular flexibility index (Phi) is 4.97. The molecule has 1 unspecified atom stereocenters. The molecule has 1 aromatic rings. The summed E-state index contributed by atoms with van der Waals surface area (Å²) in [6.45, 7) is 8.67. The molecule has 0 radical (unpaired) electrons. The molecule has 0 aromatic carbocycles. The van der Waals surface area contributed by atoms with Crippen LogP contribution in [0.5, 0.6) is 0 Å². The second kappa shape index (κ2) is 6.99. The average molecular weight is 331 g/mol. The van der Waals surface area contributed by atoms with Gasteiger partial charge in [-0.15, -0.1) is 0 Å². The fourth-order valence-corrected chi connectivity index (χ4v) is 3.56. The second-order valence-electron chi connectivity index (χ2n) is 7.83. The normalized spacial score (nSPS) is 21.9. The van der Waals surface area contributed by atoms with Crippen LogP contribution in [-0.4, -0.2) is 41.2 Å². The molecule has 132 valence electrons. The third-order valence-corrected chi connectivity index (χ3v) is 4.72.